The van der Waals surface area contributed by atoms with Gasteiger partial charge in [-0.1, -0.05) is 84.9 Å². The van der Waals surface area contributed by atoms with E-state index < -0.39 is 11.9 Å². The van der Waals surface area contributed by atoms with Crippen LogP contribution < -0.4 is 19.3 Å². The maximum atomic E-state index is 12.2. The van der Waals surface area contributed by atoms with Crippen LogP contribution in [0.3, 0.4) is 0 Å². The van der Waals surface area contributed by atoms with E-state index in [-0.39, 0.29) is 0 Å². The van der Waals surface area contributed by atoms with Gasteiger partial charge in [0.15, 0.2) is 0 Å². The number of carbonyl (C=O) groups excluding carboxylic acids is 2. The number of benzene rings is 8. The fraction of sp³-hybridized carbons (Fsp3) is 0.0909. The maximum absolute atomic E-state index is 12.2. The van der Waals surface area contributed by atoms with Crippen LogP contribution in [-0.2, 0) is 16.0 Å². The molecule has 0 saturated heterocycles. The normalized spacial score (nSPS) is 11.5. The Bertz CT molecular complexity index is 2860. The van der Waals surface area contributed by atoms with Gasteiger partial charge in [0.1, 0.15) is 11.5 Å². The molecule has 0 fully saturated rings. The van der Waals surface area contributed by atoms with Gasteiger partial charge in [0, 0.05) is 45.3 Å². The standard InChI is InChI=1S/C55H44N2O4/c1-34(2)54(58)60-50-23-13-38-28-46(19-11-40(38)32-50)56(44-15-7-36(5)8-16-44)48-21-25-52-42(30-48)27-43-31-49(22-26-53(43)52)57(45-17-9-37(6)10-18-45)47-20-12-41-33-51(24-14-39(41)29-47)61-55(59)35(3)4/h7-26,28-33H,1,3,27H2,2,4-6H3. The highest BCUT2D eigenvalue weighted by Crippen LogP contribution is 2.45. The zero-order valence-electron chi connectivity index (χ0n) is 34.7. The third-order valence-corrected chi connectivity index (χ3v) is 11.2. The molecule has 0 unspecified atom stereocenters. The Labute approximate surface area is 356 Å². The summed E-state index contributed by atoms with van der Waals surface area (Å²) in [7, 11) is 0. The van der Waals surface area contributed by atoms with Gasteiger partial charge in [0.25, 0.3) is 0 Å². The van der Waals surface area contributed by atoms with E-state index in [1.807, 2.05) is 36.4 Å². The molecule has 0 amide bonds. The smallest absolute Gasteiger partial charge is 0.338 e. The first kappa shape index (κ1) is 38.8. The lowest BCUT2D eigenvalue weighted by atomic mass is 10.0. The molecule has 0 atom stereocenters. The lowest BCUT2D eigenvalue weighted by Gasteiger charge is -2.27. The number of anilines is 6. The molecular formula is C55H44N2O4. The maximum Gasteiger partial charge on any atom is 0.338 e. The van der Waals surface area contributed by atoms with Gasteiger partial charge in [-0.2, -0.15) is 0 Å². The molecule has 6 heteroatoms. The molecule has 6 nitrogen and oxygen atoms in total. The Balaban J connectivity index is 1.05. The van der Waals surface area contributed by atoms with Gasteiger partial charge in [0.2, 0.25) is 0 Å². The molecule has 61 heavy (non-hydrogen) atoms. The van der Waals surface area contributed by atoms with E-state index in [0.29, 0.717) is 22.6 Å². The van der Waals surface area contributed by atoms with Crippen LogP contribution in [0.5, 0.6) is 11.5 Å². The average Bonchev–Trinajstić information content (AvgIpc) is 3.62. The van der Waals surface area contributed by atoms with Crippen molar-refractivity contribution in [2.75, 3.05) is 9.80 Å². The lowest BCUT2D eigenvalue weighted by Crippen LogP contribution is -2.10. The largest absolute Gasteiger partial charge is 0.423 e. The third-order valence-electron chi connectivity index (χ3n) is 11.2. The lowest BCUT2D eigenvalue weighted by molar-refractivity contribution is -0.130. The van der Waals surface area contributed by atoms with Crippen LogP contribution in [0.25, 0.3) is 32.7 Å². The molecule has 0 aromatic heterocycles. The molecule has 1 aliphatic carbocycles. The molecule has 0 spiro atoms. The number of rotatable bonds is 10. The molecule has 0 N–H and O–H groups in total. The molecule has 0 aliphatic heterocycles. The van der Waals surface area contributed by atoms with Gasteiger partial charge < -0.3 is 19.3 Å². The second-order valence-corrected chi connectivity index (χ2v) is 15.9. The predicted molar refractivity (Wildman–Crippen MR) is 249 cm³/mol. The van der Waals surface area contributed by atoms with Gasteiger partial charge in [-0.15, -0.1) is 0 Å². The number of fused-ring (bicyclic) bond motifs is 5. The highest BCUT2D eigenvalue weighted by atomic mass is 16.5. The summed E-state index contributed by atoms with van der Waals surface area (Å²) in [4.78, 5) is 29.0. The van der Waals surface area contributed by atoms with Gasteiger partial charge in [-0.3, -0.25) is 0 Å². The van der Waals surface area contributed by atoms with E-state index in [1.165, 1.54) is 33.4 Å². The monoisotopic (exact) mass is 796 g/mol. The molecule has 0 heterocycles. The Kier molecular flexibility index (Phi) is 10.1. The fourth-order valence-electron chi connectivity index (χ4n) is 7.96. The highest BCUT2D eigenvalue weighted by molar-refractivity contribution is 5.95. The van der Waals surface area contributed by atoms with Crippen molar-refractivity contribution in [2.45, 2.75) is 34.1 Å². The van der Waals surface area contributed by atoms with Crippen molar-refractivity contribution in [3.05, 3.63) is 204 Å². The van der Waals surface area contributed by atoms with Crippen LogP contribution in [0.4, 0.5) is 34.1 Å². The SMILES string of the molecule is C=C(C)C(=O)Oc1ccc2cc(N(c3ccc(C)cc3)c3ccc4c(c3)Cc3cc(N(c5ccc(C)cc5)c5ccc6cc(OC(=O)C(=C)C)ccc6c5)ccc3-4)ccc2c1. The van der Waals surface area contributed by atoms with Gasteiger partial charge >= 0.3 is 11.9 Å². The molecule has 8 aromatic rings. The van der Waals surface area contributed by atoms with E-state index >= 15 is 0 Å². The fourth-order valence-corrected chi connectivity index (χ4v) is 7.96. The molecule has 0 saturated carbocycles. The molecule has 298 valence electrons. The molecule has 8 aromatic carbocycles. The summed E-state index contributed by atoms with van der Waals surface area (Å²) >= 11 is 0. The molecule has 0 bridgehead atoms. The zero-order chi connectivity index (χ0) is 42.4. The van der Waals surface area contributed by atoms with Gasteiger partial charge in [-0.05, 0) is 175 Å². The summed E-state index contributed by atoms with van der Waals surface area (Å²) in [5, 5.41) is 4.01. The summed E-state index contributed by atoms with van der Waals surface area (Å²) in [6, 6.07) is 54.9. The Morgan fingerprint density at radius 3 is 1.15 bits per heavy atom. The van der Waals surface area contributed by atoms with Crippen molar-refractivity contribution >= 4 is 67.6 Å². The summed E-state index contributed by atoms with van der Waals surface area (Å²) < 4.78 is 11.0. The predicted octanol–water partition coefficient (Wildman–Crippen LogP) is 14.1. The molecule has 9 rings (SSSR count). The Hall–Kier alpha value is -7.70. The number of hydrogen-bond acceptors (Lipinski definition) is 6. The van der Waals surface area contributed by atoms with E-state index in [1.54, 1.807) is 13.8 Å². The summed E-state index contributed by atoms with van der Waals surface area (Å²) in [6.07, 6.45) is 0.794. The van der Waals surface area contributed by atoms with Crippen LogP contribution in [-0.4, -0.2) is 11.9 Å². The second-order valence-electron chi connectivity index (χ2n) is 15.9. The first-order valence-electron chi connectivity index (χ1n) is 20.3. The summed E-state index contributed by atoms with van der Waals surface area (Å²) in [5.74, 6) is 0.101. The minimum atomic E-state index is -0.439. The van der Waals surface area contributed by atoms with Crippen LogP contribution in [0.15, 0.2) is 182 Å². The molecule has 1 aliphatic rings. The van der Waals surface area contributed by atoms with Crippen molar-refractivity contribution in [1.82, 2.24) is 0 Å². The van der Waals surface area contributed by atoms with Crippen LogP contribution in [0.1, 0.15) is 36.1 Å². The summed E-state index contributed by atoms with van der Waals surface area (Å²) in [5.41, 5.74) is 14.4. The Morgan fingerprint density at radius 1 is 0.426 bits per heavy atom. The van der Waals surface area contributed by atoms with E-state index in [4.69, 9.17) is 9.47 Å². The van der Waals surface area contributed by atoms with Crippen molar-refractivity contribution in [2.24, 2.45) is 0 Å². The van der Waals surface area contributed by atoms with Gasteiger partial charge in [-0.25, -0.2) is 9.59 Å². The quantitative estimate of drug-likeness (QED) is 0.0780. The third kappa shape index (κ3) is 7.79. The van der Waals surface area contributed by atoms with Crippen LogP contribution >= 0.6 is 0 Å². The minimum Gasteiger partial charge on any atom is -0.423 e. The topological polar surface area (TPSA) is 59.1 Å². The zero-order valence-corrected chi connectivity index (χ0v) is 34.7. The number of hydrogen-bond donors (Lipinski definition) is 0. The van der Waals surface area contributed by atoms with Crippen molar-refractivity contribution < 1.29 is 19.1 Å². The average molecular weight is 797 g/mol. The number of aryl methyl sites for hydroxylation is 2. The van der Waals surface area contributed by atoms with Gasteiger partial charge in [0.05, 0.1) is 0 Å². The number of esters is 2. The van der Waals surface area contributed by atoms with Crippen LogP contribution in [0, 0.1) is 13.8 Å². The van der Waals surface area contributed by atoms with Crippen molar-refractivity contribution in [1.29, 1.82) is 0 Å². The number of carbonyl (C=O) groups is 2. The first-order chi connectivity index (χ1) is 29.5. The number of ether oxygens (including phenoxy) is 2. The first-order valence-corrected chi connectivity index (χ1v) is 20.3. The summed E-state index contributed by atoms with van der Waals surface area (Å²) in [6.45, 7) is 14.9. The number of nitrogens with zero attached hydrogens (tertiary/aromatic N) is 2. The van der Waals surface area contributed by atoms with E-state index in [2.05, 4.69) is 158 Å². The van der Waals surface area contributed by atoms with Crippen molar-refractivity contribution in [3.63, 3.8) is 0 Å². The van der Waals surface area contributed by atoms with E-state index in [0.717, 1.165) is 62.1 Å². The minimum absolute atomic E-state index is 0.356. The second kappa shape index (κ2) is 15.8. The molecular weight excluding hydrogens is 753 g/mol. The molecule has 0 radical (unpaired) electrons. The van der Waals surface area contributed by atoms with Crippen molar-refractivity contribution in [3.8, 4) is 22.6 Å². The van der Waals surface area contributed by atoms with Crippen LogP contribution in [0.2, 0.25) is 0 Å². The Morgan fingerprint density at radius 2 is 0.754 bits per heavy atom. The van der Waals surface area contributed by atoms with E-state index in [9.17, 15) is 9.59 Å². The highest BCUT2D eigenvalue weighted by Gasteiger charge is 2.24.